The van der Waals surface area contributed by atoms with Crippen molar-refractivity contribution in [1.29, 1.82) is 0 Å². The molecule has 14 nitrogen and oxygen atoms in total. The minimum absolute atomic E-state index is 0. The number of rotatable bonds is 7. The first kappa shape index (κ1) is 43.5. The molecule has 7 atom stereocenters. The number of ether oxygens (including phenoxy) is 1. The first-order chi connectivity index (χ1) is 26.7. The molecule has 18 heteroatoms. The van der Waals surface area contributed by atoms with Crippen molar-refractivity contribution >= 4 is 53.9 Å². The number of halogens is 2. The van der Waals surface area contributed by atoms with Gasteiger partial charge in [-0.3, -0.25) is 4.79 Å². The molecule has 2 amide bonds. The fourth-order valence-corrected chi connectivity index (χ4v) is 11.7. The van der Waals surface area contributed by atoms with Gasteiger partial charge in [-0.25, -0.2) is 30.4 Å². The van der Waals surface area contributed by atoms with Crippen LogP contribution in [-0.2, 0) is 29.6 Å². The van der Waals surface area contributed by atoms with E-state index in [0.29, 0.717) is 31.4 Å². The number of H-pyrrole nitrogens is 2. The third-order valence-electron chi connectivity index (χ3n) is 11.7. The molecule has 4 aliphatic rings. The largest absolute Gasteiger partial charge is 0.444 e. The molecule has 2 aromatic heterocycles. The van der Waals surface area contributed by atoms with E-state index in [2.05, 4.69) is 20.6 Å². The number of alkyl carbamates (subject to hydrolysis) is 1. The summed E-state index contributed by atoms with van der Waals surface area (Å²) in [4.78, 5) is 33.9. The minimum Gasteiger partial charge on any atom is -0.444 e. The minimum atomic E-state index is -3.52. The second kappa shape index (κ2) is 16.2. The summed E-state index contributed by atoms with van der Waals surface area (Å²) in [6.45, 7) is 8.94. The van der Waals surface area contributed by atoms with Crippen LogP contribution in [0.4, 0.5) is 13.6 Å². The van der Waals surface area contributed by atoms with Crippen LogP contribution in [0, 0.1) is 11.6 Å². The number of carbonyl (C=O) groups excluding carboxylic acids is 2. The van der Waals surface area contributed by atoms with Gasteiger partial charge in [0.25, 0.3) is 0 Å². The molecule has 4 aliphatic heterocycles. The lowest BCUT2D eigenvalue weighted by Crippen LogP contribution is -2.52. The van der Waals surface area contributed by atoms with E-state index in [4.69, 9.17) is 4.74 Å². The summed E-state index contributed by atoms with van der Waals surface area (Å²) in [5, 5.41) is 7.88. The van der Waals surface area contributed by atoms with Crippen LogP contribution in [0.25, 0.3) is 21.8 Å². The number of nitrogens with zero attached hydrogens (tertiary/aromatic N) is 3. The van der Waals surface area contributed by atoms with E-state index in [1.807, 2.05) is 6.20 Å². The molecule has 4 aromatic rings. The van der Waals surface area contributed by atoms with E-state index in [1.165, 1.54) is 41.1 Å². The van der Waals surface area contributed by atoms with E-state index in [1.54, 1.807) is 55.2 Å². The number of fused-ring (bicyclic) bond motifs is 4. The Balaban J connectivity index is 0.000000211. The highest BCUT2D eigenvalue weighted by atomic mass is 32.2. The van der Waals surface area contributed by atoms with E-state index in [9.17, 15) is 35.2 Å². The highest BCUT2D eigenvalue weighted by Gasteiger charge is 2.54. The van der Waals surface area contributed by atoms with Crippen molar-refractivity contribution in [3.8, 4) is 0 Å². The average molecular weight is 848 g/mol. The summed E-state index contributed by atoms with van der Waals surface area (Å²) in [5.74, 6) is -1.13. The Morgan fingerprint density at radius 3 is 1.93 bits per heavy atom. The third-order valence-corrected chi connectivity index (χ3v) is 14.2. The number of hydrogen-bond acceptors (Lipinski definition) is 8. The molecular weight excluding hydrogens is 793 g/mol. The molecule has 4 saturated heterocycles. The Kier molecular flexibility index (Phi) is 12.1. The Bertz CT molecular complexity index is 2400. The van der Waals surface area contributed by atoms with Crippen LogP contribution < -0.4 is 10.6 Å². The van der Waals surface area contributed by atoms with Crippen LogP contribution in [0.5, 0.6) is 0 Å². The molecule has 0 bridgehead atoms. The standard InChI is InChI=1S/C24H33FN4O5S.C15H18FN3O2S.CH4/c1-6-18(27-23(31)34-24(2,3)4)22(30)28-10-9-20-21(28)17(13-29(20)35(5,32)33)16-12-26-19-11-14(25)7-8-15(16)19;1-22(20,21)19-8-12(15-14(19)4-5-17-15)11-7-18-13-6-9(16)2-3-10(11)13;/h7-8,11-12,17-18,20-21,26H,6,9-10,13H2,1-5H3,(H,27,31);2-3,6-7,12,14-15,17-18H,4-5,8H2,1H3;1H4/t17-,18-,20+,21+;12-,14+,15+;/m00./s1. The van der Waals surface area contributed by atoms with Crippen LogP contribution in [0.1, 0.15) is 77.3 Å². The zero-order valence-corrected chi connectivity index (χ0v) is 34.5. The lowest BCUT2D eigenvalue weighted by atomic mass is 9.91. The van der Waals surface area contributed by atoms with Crippen LogP contribution in [0.3, 0.4) is 0 Å². The predicted molar refractivity (Wildman–Crippen MR) is 219 cm³/mol. The van der Waals surface area contributed by atoms with Gasteiger partial charge in [-0.15, -0.1) is 0 Å². The first-order valence-corrected chi connectivity index (χ1v) is 22.9. The number of hydrogen-bond donors (Lipinski definition) is 4. The zero-order chi connectivity index (χ0) is 41.2. The quantitative estimate of drug-likeness (QED) is 0.202. The Morgan fingerprint density at radius 2 is 1.40 bits per heavy atom. The van der Waals surface area contributed by atoms with Gasteiger partial charge in [0.1, 0.15) is 23.3 Å². The van der Waals surface area contributed by atoms with Crippen LogP contribution >= 0.6 is 0 Å². The van der Waals surface area contributed by atoms with Gasteiger partial charge in [0.15, 0.2) is 0 Å². The number of amides is 2. The number of nitrogens with one attached hydrogen (secondary N) is 4. The smallest absolute Gasteiger partial charge is 0.408 e. The summed E-state index contributed by atoms with van der Waals surface area (Å²) in [6, 6.07) is 7.70. The maximum absolute atomic E-state index is 13.8. The summed E-state index contributed by atoms with van der Waals surface area (Å²) in [6.07, 6.45) is 7.14. The van der Waals surface area contributed by atoms with Crippen LogP contribution in [0.15, 0.2) is 48.8 Å². The lowest BCUT2D eigenvalue weighted by molar-refractivity contribution is -0.134. The average Bonchev–Trinajstić information content (AvgIpc) is 3.95. The molecule has 318 valence electrons. The Labute approximate surface area is 339 Å². The normalized spacial score (nSPS) is 25.6. The molecule has 0 spiro atoms. The summed E-state index contributed by atoms with van der Waals surface area (Å²) >= 11 is 0. The molecule has 0 aliphatic carbocycles. The molecule has 2 aromatic carbocycles. The fourth-order valence-electron chi connectivity index (χ4n) is 9.36. The van der Waals surface area contributed by atoms with Gasteiger partial charge in [0, 0.05) is 83.8 Å². The van der Waals surface area contributed by atoms with Gasteiger partial charge in [-0.2, -0.15) is 8.61 Å². The molecule has 58 heavy (non-hydrogen) atoms. The van der Waals surface area contributed by atoms with Crippen molar-refractivity contribution in [2.45, 2.75) is 102 Å². The fraction of sp³-hybridized carbons (Fsp3) is 0.550. The molecule has 8 rings (SSSR count). The number of aromatic amines is 2. The number of carbonyl (C=O) groups is 2. The third kappa shape index (κ3) is 8.48. The van der Waals surface area contributed by atoms with Gasteiger partial charge in [0.05, 0.1) is 18.6 Å². The maximum Gasteiger partial charge on any atom is 0.408 e. The van der Waals surface area contributed by atoms with E-state index in [-0.39, 0.29) is 61.5 Å². The Morgan fingerprint density at radius 1 is 0.862 bits per heavy atom. The Hall–Kier alpha value is -4.10. The molecule has 0 radical (unpaired) electrons. The number of aromatic nitrogens is 2. The summed E-state index contributed by atoms with van der Waals surface area (Å²) in [7, 11) is -6.74. The molecule has 0 saturated carbocycles. The van der Waals surface area contributed by atoms with Crippen LogP contribution in [0.2, 0.25) is 0 Å². The molecule has 4 N–H and O–H groups in total. The number of sulfonamides is 2. The number of likely N-dealkylation sites (tertiary alicyclic amines) is 1. The topological polar surface area (TPSA) is 177 Å². The second-order valence-electron chi connectivity index (χ2n) is 16.6. The predicted octanol–water partition coefficient (Wildman–Crippen LogP) is 4.97. The molecule has 6 heterocycles. The number of benzene rings is 2. The van der Waals surface area contributed by atoms with E-state index < -0.39 is 43.8 Å². The van der Waals surface area contributed by atoms with Gasteiger partial charge >= 0.3 is 6.09 Å². The van der Waals surface area contributed by atoms with Crippen molar-refractivity contribution in [3.05, 3.63) is 71.6 Å². The van der Waals surface area contributed by atoms with Gasteiger partial charge in [-0.05, 0) is 94.1 Å². The van der Waals surface area contributed by atoms with Crippen molar-refractivity contribution in [3.63, 3.8) is 0 Å². The summed E-state index contributed by atoms with van der Waals surface area (Å²) in [5.41, 5.74) is 2.57. The van der Waals surface area contributed by atoms with Crippen molar-refractivity contribution in [2.24, 2.45) is 0 Å². The SMILES string of the molecule is C.CC[C@H](NC(=O)OC(C)(C)C)C(=O)N1CC[C@@H]2[C@H]1[C@H](c1c[nH]c3cc(F)ccc13)CN2S(C)(=O)=O.CS(=O)(=O)N1C[C@@H](c2c[nH]c3cc(F)ccc23)[C@H]2NCC[C@H]21. The van der Waals surface area contributed by atoms with Gasteiger partial charge in [0.2, 0.25) is 26.0 Å². The highest BCUT2D eigenvalue weighted by molar-refractivity contribution is 7.88. The van der Waals surface area contributed by atoms with Crippen molar-refractivity contribution < 1.29 is 39.9 Å². The monoisotopic (exact) mass is 847 g/mol. The second-order valence-corrected chi connectivity index (χ2v) is 20.4. The van der Waals surface area contributed by atoms with Crippen LogP contribution in [-0.4, -0.2) is 127 Å². The lowest BCUT2D eigenvalue weighted by Gasteiger charge is -2.32. The molecular formula is C40H55F2N7O7S2. The maximum atomic E-state index is 13.8. The first-order valence-electron chi connectivity index (χ1n) is 19.2. The summed E-state index contributed by atoms with van der Waals surface area (Å²) < 4.78 is 84.9. The molecule has 0 unspecified atom stereocenters. The van der Waals surface area contributed by atoms with Crippen molar-refractivity contribution in [1.82, 2.24) is 34.1 Å². The van der Waals surface area contributed by atoms with Gasteiger partial charge in [-0.1, -0.05) is 14.4 Å². The highest BCUT2D eigenvalue weighted by Crippen LogP contribution is 2.44. The molecule has 4 fully saturated rings. The van der Waals surface area contributed by atoms with E-state index in [0.717, 1.165) is 40.4 Å². The van der Waals surface area contributed by atoms with E-state index >= 15 is 0 Å². The van der Waals surface area contributed by atoms with Gasteiger partial charge < -0.3 is 30.2 Å². The zero-order valence-electron chi connectivity index (χ0n) is 32.9. The van der Waals surface area contributed by atoms with Crippen molar-refractivity contribution in [2.75, 3.05) is 38.7 Å².